The molecule has 1 saturated heterocycles. The summed E-state index contributed by atoms with van der Waals surface area (Å²) in [7, 11) is 3.82. The fourth-order valence-electron chi connectivity index (χ4n) is 1.55. The van der Waals surface area contributed by atoms with Crippen molar-refractivity contribution in [3.05, 3.63) is 0 Å². The number of ether oxygens (including phenoxy) is 2. The number of methoxy groups -OCH3 is 1. The van der Waals surface area contributed by atoms with E-state index in [1.165, 1.54) is 0 Å². The van der Waals surface area contributed by atoms with E-state index >= 15 is 0 Å². The van der Waals surface area contributed by atoms with Crippen LogP contribution in [0.5, 0.6) is 0 Å². The minimum absolute atomic E-state index is 0.258. The lowest BCUT2D eigenvalue weighted by Gasteiger charge is -2.34. The Kier molecular flexibility index (Phi) is 3.30. The van der Waals surface area contributed by atoms with Crippen molar-refractivity contribution in [3.63, 3.8) is 0 Å². The standard InChI is InChI=1S/C8H17NO2/c1-7-4-9(2)5-8(11-7)6-10-3/h7-8H,4-6H2,1-3H3/t7-,8+/m0/s1. The van der Waals surface area contributed by atoms with Crippen molar-refractivity contribution in [2.75, 3.05) is 33.9 Å². The van der Waals surface area contributed by atoms with E-state index in [0.29, 0.717) is 12.7 Å². The largest absolute Gasteiger partial charge is 0.382 e. The van der Waals surface area contributed by atoms with Gasteiger partial charge in [0.25, 0.3) is 0 Å². The predicted molar refractivity (Wildman–Crippen MR) is 43.7 cm³/mol. The van der Waals surface area contributed by atoms with Crippen molar-refractivity contribution < 1.29 is 9.47 Å². The number of likely N-dealkylation sites (N-methyl/N-ethyl adjacent to an activating group) is 1. The van der Waals surface area contributed by atoms with Crippen LogP contribution in [0.3, 0.4) is 0 Å². The lowest BCUT2D eigenvalue weighted by atomic mass is 10.2. The number of morpholine rings is 1. The Balaban J connectivity index is 2.30. The first-order chi connectivity index (χ1) is 5.22. The van der Waals surface area contributed by atoms with E-state index in [9.17, 15) is 0 Å². The van der Waals surface area contributed by atoms with E-state index < -0.39 is 0 Å². The zero-order valence-corrected chi connectivity index (χ0v) is 7.54. The molecule has 0 aromatic carbocycles. The first kappa shape index (κ1) is 8.97. The van der Waals surface area contributed by atoms with Crippen LogP contribution in [0.15, 0.2) is 0 Å². The maximum Gasteiger partial charge on any atom is 0.0938 e. The highest BCUT2D eigenvalue weighted by molar-refractivity contribution is 4.72. The average Bonchev–Trinajstić information content (AvgIpc) is 1.85. The average molecular weight is 159 g/mol. The molecule has 0 aromatic heterocycles. The van der Waals surface area contributed by atoms with Crippen molar-refractivity contribution in [2.45, 2.75) is 19.1 Å². The Morgan fingerprint density at radius 1 is 1.55 bits per heavy atom. The molecule has 1 aliphatic rings. The van der Waals surface area contributed by atoms with Gasteiger partial charge in [-0.05, 0) is 14.0 Å². The Morgan fingerprint density at radius 3 is 2.82 bits per heavy atom. The van der Waals surface area contributed by atoms with E-state index in [4.69, 9.17) is 9.47 Å². The molecule has 0 saturated carbocycles. The second-order valence-electron chi connectivity index (χ2n) is 3.25. The molecule has 11 heavy (non-hydrogen) atoms. The lowest BCUT2D eigenvalue weighted by Crippen LogP contribution is -2.46. The van der Waals surface area contributed by atoms with Gasteiger partial charge in [-0.25, -0.2) is 0 Å². The maximum atomic E-state index is 5.63. The number of hydrogen-bond acceptors (Lipinski definition) is 3. The van der Waals surface area contributed by atoms with Gasteiger partial charge in [-0.3, -0.25) is 0 Å². The molecule has 1 aliphatic heterocycles. The Hall–Kier alpha value is -0.120. The maximum absolute atomic E-state index is 5.63. The summed E-state index contributed by atoms with van der Waals surface area (Å²) < 4.78 is 10.7. The highest BCUT2D eigenvalue weighted by Crippen LogP contribution is 2.08. The van der Waals surface area contributed by atoms with Crippen LogP contribution in [0, 0.1) is 0 Å². The van der Waals surface area contributed by atoms with Crippen LogP contribution in [0.4, 0.5) is 0 Å². The third kappa shape index (κ3) is 2.77. The molecule has 1 fully saturated rings. The molecule has 1 heterocycles. The van der Waals surface area contributed by atoms with Gasteiger partial charge >= 0.3 is 0 Å². The lowest BCUT2D eigenvalue weighted by molar-refractivity contribution is -0.0948. The Morgan fingerprint density at radius 2 is 2.27 bits per heavy atom. The molecule has 0 N–H and O–H groups in total. The van der Waals surface area contributed by atoms with Gasteiger partial charge in [0, 0.05) is 20.2 Å². The quantitative estimate of drug-likeness (QED) is 0.580. The smallest absolute Gasteiger partial charge is 0.0938 e. The summed E-state index contributed by atoms with van der Waals surface area (Å²) in [4.78, 5) is 2.28. The van der Waals surface area contributed by atoms with E-state index in [0.717, 1.165) is 13.1 Å². The number of nitrogens with zero attached hydrogens (tertiary/aromatic N) is 1. The second-order valence-corrected chi connectivity index (χ2v) is 3.25. The molecule has 2 atom stereocenters. The molecular weight excluding hydrogens is 142 g/mol. The van der Waals surface area contributed by atoms with E-state index in [2.05, 4.69) is 18.9 Å². The molecular formula is C8H17NO2. The molecule has 66 valence electrons. The monoisotopic (exact) mass is 159 g/mol. The fraction of sp³-hybridized carbons (Fsp3) is 1.00. The van der Waals surface area contributed by atoms with Gasteiger partial charge in [0.2, 0.25) is 0 Å². The molecule has 0 radical (unpaired) electrons. The summed E-state index contributed by atoms with van der Waals surface area (Å²) in [5.74, 6) is 0. The third-order valence-electron chi connectivity index (χ3n) is 1.86. The topological polar surface area (TPSA) is 21.7 Å². The van der Waals surface area contributed by atoms with Gasteiger partial charge in [-0.2, -0.15) is 0 Å². The van der Waals surface area contributed by atoms with Crippen LogP contribution in [0.1, 0.15) is 6.92 Å². The van der Waals surface area contributed by atoms with Gasteiger partial charge in [0.15, 0.2) is 0 Å². The van der Waals surface area contributed by atoms with Crippen molar-refractivity contribution in [3.8, 4) is 0 Å². The van der Waals surface area contributed by atoms with Gasteiger partial charge in [0.1, 0.15) is 0 Å². The van der Waals surface area contributed by atoms with Crippen LogP contribution in [-0.4, -0.2) is 51.0 Å². The summed E-state index contributed by atoms with van der Waals surface area (Å²) in [5, 5.41) is 0. The Bertz CT molecular complexity index is 109. The number of hydrogen-bond donors (Lipinski definition) is 0. The number of rotatable bonds is 2. The highest BCUT2D eigenvalue weighted by atomic mass is 16.5. The third-order valence-corrected chi connectivity index (χ3v) is 1.86. The van der Waals surface area contributed by atoms with Crippen molar-refractivity contribution in [2.24, 2.45) is 0 Å². The zero-order valence-electron chi connectivity index (χ0n) is 7.54. The molecule has 0 unspecified atom stereocenters. The van der Waals surface area contributed by atoms with Crippen LogP contribution < -0.4 is 0 Å². The van der Waals surface area contributed by atoms with Crippen molar-refractivity contribution in [1.82, 2.24) is 4.90 Å². The summed E-state index contributed by atoms with van der Waals surface area (Å²) in [6.07, 6.45) is 0.600. The summed E-state index contributed by atoms with van der Waals surface area (Å²) >= 11 is 0. The van der Waals surface area contributed by atoms with Crippen molar-refractivity contribution in [1.29, 1.82) is 0 Å². The van der Waals surface area contributed by atoms with Gasteiger partial charge in [-0.1, -0.05) is 0 Å². The minimum atomic E-state index is 0.258. The SMILES string of the molecule is COC[C@H]1CN(C)C[C@H](C)O1. The second kappa shape index (κ2) is 4.04. The van der Waals surface area contributed by atoms with Gasteiger partial charge in [0.05, 0.1) is 18.8 Å². The highest BCUT2D eigenvalue weighted by Gasteiger charge is 2.22. The Labute approximate surface area is 68.3 Å². The molecule has 3 nitrogen and oxygen atoms in total. The first-order valence-electron chi connectivity index (χ1n) is 4.05. The predicted octanol–water partition coefficient (Wildman–Crippen LogP) is 0.352. The van der Waals surface area contributed by atoms with E-state index in [1.54, 1.807) is 7.11 Å². The summed E-state index contributed by atoms with van der Waals surface area (Å²) in [5.41, 5.74) is 0. The molecule has 0 spiro atoms. The molecule has 0 amide bonds. The van der Waals surface area contributed by atoms with E-state index in [-0.39, 0.29) is 6.10 Å². The minimum Gasteiger partial charge on any atom is -0.382 e. The molecule has 3 heteroatoms. The molecule has 0 bridgehead atoms. The van der Waals surface area contributed by atoms with Crippen LogP contribution in [0.25, 0.3) is 0 Å². The molecule has 0 aliphatic carbocycles. The summed E-state index contributed by atoms with van der Waals surface area (Å²) in [6, 6.07) is 0. The normalized spacial score (nSPS) is 34.1. The summed E-state index contributed by atoms with van der Waals surface area (Å²) in [6.45, 7) is 4.81. The van der Waals surface area contributed by atoms with Crippen LogP contribution in [-0.2, 0) is 9.47 Å². The van der Waals surface area contributed by atoms with Gasteiger partial charge in [-0.15, -0.1) is 0 Å². The fourth-order valence-corrected chi connectivity index (χ4v) is 1.55. The van der Waals surface area contributed by atoms with E-state index in [1.807, 2.05) is 0 Å². The van der Waals surface area contributed by atoms with Gasteiger partial charge < -0.3 is 14.4 Å². The first-order valence-corrected chi connectivity index (χ1v) is 4.05. The molecule has 1 rings (SSSR count). The molecule has 0 aromatic rings. The van der Waals surface area contributed by atoms with Crippen LogP contribution in [0.2, 0.25) is 0 Å². The van der Waals surface area contributed by atoms with Crippen LogP contribution >= 0.6 is 0 Å². The van der Waals surface area contributed by atoms with Crippen molar-refractivity contribution >= 4 is 0 Å². The zero-order chi connectivity index (χ0) is 8.27.